The van der Waals surface area contributed by atoms with Crippen LogP contribution in [0.3, 0.4) is 0 Å². The number of hydrogen-bond acceptors (Lipinski definition) is 2. The molecule has 0 fully saturated rings. The Hall–Kier alpha value is -1.65. The lowest BCUT2D eigenvalue weighted by Crippen LogP contribution is -2.31. The van der Waals surface area contributed by atoms with Gasteiger partial charge in [0.2, 0.25) is 0 Å². The standard InChI is InChI=1S/C17H16BrN3/c1-10-8-12(18)9-14-15(10)21-17(20-14)16-13-5-3-2-4-11(13)6-7-19-16/h2-5,8-9,16,19H,6-7H2,1H3,(H,20,21). The number of benzene rings is 2. The van der Waals surface area contributed by atoms with Crippen molar-refractivity contribution in [2.24, 2.45) is 0 Å². The molecule has 3 aromatic rings. The second-order valence-corrected chi connectivity index (χ2v) is 6.49. The van der Waals surface area contributed by atoms with Gasteiger partial charge in [0.25, 0.3) is 0 Å². The third-order valence-corrected chi connectivity index (χ3v) is 4.60. The molecular formula is C17H16BrN3. The maximum Gasteiger partial charge on any atom is 0.129 e. The van der Waals surface area contributed by atoms with Crippen LogP contribution in [-0.2, 0) is 6.42 Å². The number of aryl methyl sites for hydroxylation is 1. The van der Waals surface area contributed by atoms with Crippen LogP contribution in [0.15, 0.2) is 40.9 Å². The van der Waals surface area contributed by atoms with E-state index in [1.54, 1.807) is 0 Å². The summed E-state index contributed by atoms with van der Waals surface area (Å²) in [6.45, 7) is 3.08. The molecule has 4 heteroatoms. The molecule has 0 aliphatic carbocycles. The highest BCUT2D eigenvalue weighted by atomic mass is 79.9. The van der Waals surface area contributed by atoms with E-state index in [2.05, 4.69) is 69.6 Å². The second-order valence-electron chi connectivity index (χ2n) is 5.58. The van der Waals surface area contributed by atoms with Crippen LogP contribution in [0, 0.1) is 6.92 Å². The molecule has 0 radical (unpaired) electrons. The molecule has 0 bridgehead atoms. The summed E-state index contributed by atoms with van der Waals surface area (Å²) in [5.74, 6) is 0.998. The lowest BCUT2D eigenvalue weighted by molar-refractivity contribution is 0.549. The zero-order valence-corrected chi connectivity index (χ0v) is 13.4. The van der Waals surface area contributed by atoms with Gasteiger partial charge >= 0.3 is 0 Å². The van der Waals surface area contributed by atoms with Crippen LogP contribution in [0.25, 0.3) is 11.0 Å². The zero-order chi connectivity index (χ0) is 14.4. The highest BCUT2D eigenvalue weighted by Crippen LogP contribution is 2.30. The van der Waals surface area contributed by atoms with Gasteiger partial charge < -0.3 is 10.3 Å². The Morgan fingerprint density at radius 2 is 2.10 bits per heavy atom. The molecule has 2 heterocycles. The van der Waals surface area contributed by atoms with Crippen molar-refractivity contribution in [2.45, 2.75) is 19.4 Å². The van der Waals surface area contributed by atoms with Gasteiger partial charge in [0.1, 0.15) is 5.82 Å². The summed E-state index contributed by atoms with van der Waals surface area (Å²) < 4.78 is 1.08. The highest BCUT2D eigenvalue weighted by molar-refractivity contribution is 9.10. The quantitative estimate of drug-likeness (QED) is 0.705. The Bertz CT molecular complexity index is 822. The Balaban J connectivity index is 1.86. The molecule has 0 saturated heterocycles. The van der Waals surface area contributed by atoms with Crippen molar-refractivity contribution in [3.05, 3.63) is 63.4 Å². The van der Waals surface area contributed by atoms with Crippen molar-refractivity contribution in [3.63, 3.8) is 0 Å². The number of imidazole rings is 1. The number of aromatic amines is 1. The molecule has 2 aromatic carbocycles. The Labute approximate surface area is 131 Å². The molecule has 0 amide bonds. The van der Waals surface area contributed by atoms with Crippen molar-refractivity contribution in [3.8, 4) is 0 Å². The van der Waals surface area contributed by atoms with E-state index < -0.39 is 0 Å². The van der Waals surface area contributed by atoms with Crippen LogP contribution in [0.4, 0.5) is 0 Å². The smallest absolute Gasteiger partial charge is 0.129 e. The Morgan fingerprint density at radius 3 is 3.00 bits per heavy atom. The van der Waals surface area contributed by atoms with E-state index in [9.17, 15) is 0 Å². The van der Waals surface area contributed by atoms with Crippen LogP contribution < -0.4 is 5.32 Å². The lowest BCUT2D eigenvalue weighted by atomic mass is 9.94. The molecule has 0 spiro atoms. The first-order chi connectivity index (χ1) is 10.2. The Kier molecular flexibility index (Phi) is 3.08. The van der Waals surface area contributed by atoms with Gasteiger partial charge in [0.05, 0.1) is 17.1 Å². The molecule has 3 nitrogen and oxygen atoms in total. The fourth-order valence-electron chi connectivity index (χ4n) is 3.15. The first-order valence-electron chi connectivity index (χ1n) is 7.19. The lowest BCUT2D eigenvalue weighted by Gasteiger charge is -2.25. The molecule has 21 heavy (non-hydrogen) atoms. The van der Waals surface area contributed by atoms with E-state index in [0.29, 0.717) is 0 Å². The third kappa shape index (κ3) is 2.19. The predicted molar refractivity (Wildman–Crippen MR) is 88.5 cm³/mol. The summed E-state index contributed by atoms with van der Waals surface area (Å²) in [5.41, 5.74) is 6.07. The van der Waals surface area contributed by atoms with Gasteiger partial charge in [-0.25, -0.2) is 4.98 Å². The number of nitrogens with one attached hydrogen (secondary N) is 2. The van der Waals surface area contributed by atoms with Gasteiger partial charge in [-0.05, 0) is 42.2 Å². The van der Waals surface area contributed by atoms with Gasteiger partial charge in [-0.2, -0.15) is 0 Å². The molecule has 106 valence electrons. The fourth-order valence-corrected chi connectivity index (χ4v) is 3.72. The van der Waals surface area contributed by atoms with E-state index >= 15 is 0 Å². The van der Waals surface area contributed by atoms with E-state index in [4.69, 9.17) is 4.98 Å². The number of hydrogen-bond donors (Lipinski definition) is 2. The van der Waals surface area contributed by atoms with Gasteiger partial charge in [-0.15, -0.1) is 0 Å². The monoisotopic (exact) mass is 341 g/mol. The molecule has 0 saturated carbocycles. The van der Waals surface area contributed by atoms with E-state index in [1.165, 1.54) is 16.7 Å². The molecule has 1 unspecified atom stereocenters. The number of H-pyrrole nitrogens is 1. The van der Waals surface area contributed by atoms with Gasteiger partial charge in [0.15, 0.2) is 0 Å². The van der Waals surface area contributed by atoms with Crippen molar-refractivity contribution >= 4 is 27.0 Å². The fraction of sp³-hybridized carbons (Fsp3) is 0.235. The minimum Gasteiger partial charge on any atom is -0.340 e. The molecule has 1 aromatic heterocycles. The Morgan fingerprint density at radius 1 is 1.24 bits per heavy atom. The maximum absolute atomic E-state index is 4.84. The van der Waals surface area contributed by atoms with Crippen LogP contribution in [-0.4, -0.2) is 16.5 Å². The molecule has 1 aliphatic rings. The average Bonchev–Trinajstić information content (AvgIpc) is 2.90. The number of fused-ring (bicyclic) bond motifs is 2. The van der Waals surface area contributed by atoms with Crippen molar-refractivity contribution < 1.29 is 0 Å². The van der Waals surface area contributed by atoms with E-state index in [1.807, 2.05) is 0 Å². The van der Waals surface area contributed by atoms with Crippen LogP contribution in [0.2, 0.25) is 0 Å². The number of rotatable bonds is 1. The molecule has 1 atom stereocenters. The highest BCUT2D eigenvalue weighted by Gasteiger charge is 2.23. The average molecular weight is 342 g/mol. The minimum absolute atomic E-state index is 0.153. The van der Waals surface area contributed by atoms with Crippen molar-refractivity contribution in [2.75, 3.05) is 6.54 Å². The SMILES string of the molecule is Cc1cc(Br)cc2[nH]c(C3NCCc4ccccc43)nc12. The molecule has 1 aliphatic heterocycles. The van der Waals surface area contributed by atoms with Gasteiger partial charge in [0, 0.05) is 11.0 Å². The van der Waals surface area contributed by atoms with E-state index in [-0.39, 0.29) is 6.04 Å². The molecular weight excluding hydrogens is 326 g/mol. The van der Waals surface area contributed by atoms with Crippen LogP contribution in [0.1, 0.15) is 28.6 Å². The summed E-state index contributed by atoms with van der Waals surface area (Å²) in [6.07, 6.45) is 1.08. The summed E-state index contributed by atoms with van der Waals surface area (Å²) in [4.78, 5) is 8.32. The van der Waals surface area contributed by atoms with Crippen LogP contribution >= 0.6 is 15.9 Å². The van der Waals surface area contributed by atoms with Crippen molar-refractivity contribution in [1.29, 1.82) is 0 Å². The summed E-state index contributed by atoms with van der Waals surface area (Å²) >= 11 is 3.55. The third-order valence-electron chi connectivity index (χ3n) is 4.14. The second kappa shape index (κ2) is 4.97. The topological polar surface area (TPSA) is 40.7 Å². The van der Waals surface area contributed by atoms with E-state index in [0.717, 1.165) is 34.3 Å². The van der Waals surface area contributed by atoms with Gasteiger partial charge in [-0.1, -0.05) is 40.2 Å². The largest absolute Gasteiger partial charge is 0.340 e. The van der Waals surface area contributed by atoms with Crippen LogP contribution in [0.5, 0.6) is 0 Å². The molecule has 2 N–H and O–H groups in total. The minimum atomic E-state index is 0.153. The predicted octanol–water partition coefficient (Wildman–Crippen LogP) is 3.87. The zero-order valence-electron chi connectivity index (χ0n) is 11.8. The number of aromatic nitrogens is 2. The summed E-state index contributed by atoms with van der Waals surface area (Å²) in [5, 5.41) is 3.58. The van der Waals surface area contributed by atoms with Crippen molar-refractivity contribution in [1.82, 2.24) is 15.3 Å². The number of nitrogens with zero attached hydrogens (tertiary/aromatic N) is 1. The normalized spacial score (nSPS) is 17.9. The summed E-state index contributed by atoms with van der Waals surface area (Å²) in [7, 11) is 0. The summed E-state index contributed by atoms with van der Waals surface area (Å²) in [6, 6.07) is 13.0. The first-order valence-corrected chi connectivity index (χ1v) is 7.98. The van der Waals surface area contributed by atoms with Gasteiger partial charge in [-0.3, -0.25) is 0 Å². The maximum atomic E-state index is 4.84. The molecule has 4 rings (SSSR count). The number of halogens is 1. The first kappa shape index (κ1) is 13.0.